The molecule has 0 radical (unpaired) electrons. The molecule has 3 aromatic rings. The number of carbonyl (C=O) groups is 1. The zero-order valence-corrected chi connectivity index (χ0v) is 16.1. The summed E-state index contributed by atoms with van der Waals surface area (Å²) in [6.07, 6.45) is -0.289. The Morgan fingerprint density at radius 2 is 1.62 bits per heavy atom. The van der Waals surface area contributed by atoms with Gasteiger partial charge in [0, 0.05) is 11.0 Å². The summed E-state index contributed by atoms with van der Waals surface area (Å²) in [6, 6.07) is 19.2. The number of carboxylic acid groups (broad SMARTS) is 1. The minimum atomic E-state index is -3.89. The van der Waals surface area contributed by atoms with Crippen molar-refractivity contribution < 1.29 is 18.3 Å². The highest BCUT2D eigenvalue weighted by molar-refractivity contribution is 9.10. The molecule has 1 N–H and O–H groups in total. The van der Waals surface area contributed by atoms with Gasteiger partial charge in [0.2, 0.25) is 0 Å². The number of aliphatic carboxylic acids is 1. The predicted octanol–water partition coefficient (Wildman–Crippen LogP) is 4.27. The molecule has 0 aliphatic heterocycles. The summed E-state index contributed by atoms with van der Waals surface area (Å²) in [5.41, 5.74) is 0.438. The molecular formula is C19H16BrNO4S. The van der Waals surface area contributed by atoms with E-state index in [2.05, 4.69) is 15.9 Å². The third-order valence-corrected chi connectivity index (χ3v) is 6.32. The number of rotatable bonds is 6. The summed E-state index contributed by atoms with van der Waals surface area (Å²) in [6.45, 7) is -0.147. The Hall–Kier alpha value is -2.38. The minimum Gasteiger partial charge on any atom is -0.481 e. The summed E-state index contributed by atoms with van der Waals surface area (Å²) in [7, 11) is -3.89. The lowest BCUT2D eigenvalue weighted by molar-refractivity contribution is -0.136. The van der Waals surface area contributed by atoms with Crippen LogP contribution in [0.1, 0.15) is 6.42 Å². The van der Waals surface area contributed by atoms with Crippen molar-refractivity contribution in [3.05, 3.63) is 71.2 Å². The predicted molar refractivity (Wildman–Crippen MR) is 105 cm³/mol. The van der Waals surface area contributed by atoms with Gasteiger partial charge < -0.3 is 5.11 Å². The third-order valence-electron chi connectivity index (χ3n) is 3.95. The van der Waals surface area contributed by atoms with E-state index in [-0.39, 0.29) is 17.9 Å². The van der Waals surface area contributed by atoms with Crippen LogP contribution in [-0.2, 0) is 14.8 Å². The first kappa shape index (κ1) is 18.4. The van der Waals surface area contributed by atoms with Crippen molar-refractivity contribution in [1.82, 2.24) is 0 Å². The maximum Gasteiger partial charge on any atom is 0.305 e. The Labute approximate surface area is 160 Å². The van der Waals surface area contributed by atoms with Crippen LogP contribution in [0, 0.1) is 0 Å². The number of hydrogen-bond donors (Lipinski definition) is 1. The first-order chi connectivity index (χ1) is 12.4. The third kappa shape index (κ3) is 3.89. The molecule has 5 nitrogen and oxygen atoms in total. The van der Waals surface area contributed by atoms with E-state index in [1.54, 1.807) is 24.3 Å². The quantitative estimate of drug-likeness (QED) is 0.629. The van der Waals surface area contributed by atoms with Crippen molar-refractivity contribution in [2.75, 3.05) is 10.8 Å². The van der Waals surface area contributed by atoms with Crippen LogP contribution in [0.15, 0.2) is 76.1 Å². The fourth-order valence-electron chi connectivity index (χ4n) is 2.65. The van der Waals surface area contributed by atoms with Crippen LogP contribution < -0.4 is 4.31 Å². The van der Waals surface area contributed by atoms with Crippen molar-refractivity contribution >= 4 is 48.4 Å². The molecule has 3 aromatic carbocycles. The van der Waals surface area contributed by atoms with Crippen LogP contribution in [0.4, 0.5) is 5.69 Å². The molecule has 7 heteroatoms. The Balaban J connectivity index is 2.08. The second-order valence-corrected chi connectivity index (χ2v) is 8.48. The molecule has 0 aliphatic rings. The highest BCUT2D eigenvalue weighted by atomic mass is 79.9. The monoisotopic (exact) mass is 433 g/mol. The van der Waals surface area contributed by atoms with Crippen LogP contribution in [0.3, 0.4) is 0 Å². The molecule has 0 fully saturated rings. The van der Waals surface area contributed by atoms with Gasteiger partial charge in [0.05, 0.1) is 17.0 Å². The molecule has 26 heavy (non-hydrogen) atoms. The lowest BCUT2D eigenvalue weighted by atomic mass is 10.1. The maximum absolute atomic E-state index is 13.1. The Bertz CT molecular complexity index is 1050. The first-order valence-corrected chi connectivity index (χ1v) is 10.1. The van der Waals surface area contributed by atoms with Crippen molar-refractivity contribution in [1.29, 1.82) is 0 Å². The van der Waals surface area contributed by atoms with Gasteiger partial charge in [-0.25, -0.2) is 8.42 Å². The molecule has 0 atom stereocenters. The average Bonchev–Trinajstić information content (AvgIpc) is 2.61. The van der Waals surface area contributed by atoms with Crippen LogP contribution in [0.25, 0.3) is 10.8 Å². The number of hydrogen-bond acceptors (Lipinski definition) is 3. The number of sulfonamides is 1. The van der Waals surface area contributed by atoms with Crippen LogP contribution in [-0.4, -0.2) is 26.0 Å². The van der Waals surface area contributed by atoms with Gasteiger partial charge in [-0.3, -0.25) is 9.10 Å². The van der Waals surface area contributed by atoms with Crippen LogP contribution >= 0.6 is 15.9 Å². The molecule has 0 spiro atoms. The maximum atomic E-state index is 13.1. The topological polar surface area (TPSA) is 74.7 Å². The fourth-order valence-corrected chi connectivity index (χ4v) is 4.37. The lowest BCUT2D eigenvalue weighted by Crippen LogP contribution is -2.33. The number of carboxylic acids is 1. The number of nitrogens with zero attached hydrogens (tertiary/aromatic N) is 1. The average molecular weight is 434 g/mol. The van der Waals surface area contributed by atoms with Crippen LogP contribution in [0.5, 0.6) is 0 Å². The SMILES string of the molecule is O=C(O)CCN(c1ccc2ccccc2c1)S(=O)(=O)c1ccc(Br)cc1. The molecule has 3 rings (SSSR count). The van der Waals surface area contributed by atoms with E-state index in [9.17, 15) is 13.2 Å². The largest absolute Gasteiger partial charge is 0.481 e. The van der Waals surface area contributed by atoms with E-state index in [4.69, 9.17) is 5.11 Å². The van der Waals surface area contributed by atoms with Gasteiger partial charge in [-0.05, 0) is 47.2 Å². The molecule has 0 saturated heterocycles. The van der Waals surface area contributed by atoms with Crippen molar-refractivity contribution in [2.24, 2.45) is 0 Å². The van der Waals surface area contributed by atoms with Gasteiger partial charge in [0.15, 0.2) is 0 Å². The zero-order chi connectivity index (χ0) is 18.7. The van der Waals surface area contributed by atoms with E-state index >= 15 is 0 Å². The van der Waals surface area contributed by atoms with E-state index in [0.29, 0.717) is 5.69 Å². The van der Waals surface area contributed by atoms with Gasteiger partial charge in [0.25, 0.3) is 10.0 Å². The van der Waals surface area contributed by atoms with E-state index < -0.39 is 16.0 Å². The second kappa shape index (κ2) is 7.47. The fraction of sp³-hybridized carbons (Fsp3) is 0.105. The number of fused-ring (bicyclic) bond motifs is 1. The lowest BCUT2D eigenvalue weighted by Gasteiger charge is -2.24. The molecule has 0 aliphatic carbocycles. The minimum absolute atomic E-state index is 0.110. The summed E-state index contributed by atoms with van der Waals surface area (Å²) in [5, 5.41) is 10.9. The number of halogens is 1. The summed E-state index contributed by atoms with van der Waals surface area (Å²) >= 11 is 3.28. The van der Waals surface area contributed by atoms with Crippen molar-refractivity contribution in [2.45, 2.75) is 11.3 Å². The smallest absolute Gasteiger partial charge is 0.305 e. The molecule has 0 unspecified atom stereocenters. The van der Waals surface area contributed by atoms with E-state index in [0.717, 1.165) is 19.6 Å². The molecular weight excluding hydrogens is 418 g/mol. The van der Waals surface area contributed by atoms with Gasteiger partial charge in [-0.15, -0.1) is 0 Å². The van der Waals surface area contributed by atoms with Crippen LogP contribution in [0.2, 0.25) is 0 Å². The Kier molecular flexibility index (Phi) is 5.29. The number of benzene rings is 3. The highest BCUT2D eigenvalue weighted by Gasteiger charge is 2.25. The molecule has 134 valence electrons. The molecule has 0 heterocycles. The van der Waals surface area contributed by atoms with E-state index in [1.807, 2.05) is 30.3 Å². The molecule has 0 bridgehead atoms. The highest BCUT2D eigenvalue weighted by Crippen LogP contribution is 2.28. The standard InChI is InChI=1S/C19H16BrNO4S/c20-16-6-9-18(10-7-16)26(24,25)21(12-11-19(22)23)17-8-5-14-3-1-2-4-15(14)13-17/h1-10,13H,11-12H2,(H,22,23). The molecule has 0 amide bonds. The van der Waals surface area contributed by atoms with Crippen molar-refractivity contribution in [3.63, 3.8) is 0 Å². The summed E-state index contributed by atoms with van der Waals surface area (Å²) in [4.78, 5) is 11.1. The van der Waals surface area contributed by atoms with Gasteiger partial charge in [-0.2, -0.15) is 0 Å². The van der Waals surface area contributed by atoms with Crippen molar-refractivity contribution in [3.8, 4) is 0 Å². The van der Waals surface area contributed by atoms with Gasteiger partial charge in [-0.1, -0.05) is 46.3 Å². The van der Waals surface area contributed by atoms with Gasteiger partial charge >= 0.3 is 5.97 Å². The summed E-state index contributed by atoms with van der Waals surface area (Å²) in [5.74, 6) is -1.05. The normalized spacial score (nSPS) is 11.4. The zero-order valence-electron chi connectivity index (χ0n) is 13.7. The Morgan fingerprint density at radius 1 is 0.962 bits per heavy atom. The Morgan fingerprint density at radius 3 is 2.27 bits per heavy atom. The van der Waals surface area contributed by atoms with Gasteiger partial charge in [0.1, 0.15) is 0 Å². The first-order valence-electron chi connectivity index (χ1n) is 7.87. The molecule has 0 aromatic heterocycles. The second-order valence-electron chi connectivity index (χ2n) is 5.71. The number of anilines is 1. The van der Waals surface area contributed by atoms with E-state index in [1.165, 1.54) is 12.1 Å². The molecule has 0 saturated carbocycles. The summed E-state index contributed by atoms with van der Waals surface area (Å²) < 4.78 is 28.1.